The fourth-order valence-electron chi connectivity index (χ4n) is 0.867. The average Bonchev–Trinajstić information content (AvgIpc) is 2.52. The van der Waals surface area contributed by atoms with E-state index in [-0.39, 0.29) is 0 Å². The van der Waals surface area contributed by atoms with Gasteiger partial charge in [-0.1, -0.05) is 12.2 Å². The summed E-state index contributed by atoms with van der Waals surface area (Å²) in [6.45, 7) is 0.330. The van der Waals surface area contributed by atoms with Gasteiger partial charge < -0.3 is 0 Å². The van der Waals surface area contributed by atoms with Crippen LogP contribution >= 0.6 is 12.6 Å². The molecule has 0 atom stereocenters. The lowest BCUT2D eigenvalue weighted by atomic mass is 10.4. The van der Waals surface area contributed by atoms with E-state index < -0.39 is 11.7 Å². The molecular formula is C8H9F3N2S. The minimum atomic E-state index is -4.31. The summed E-state index contributed by atoms with van der Waals surface area (Å²) in [5, 5.41) is 3.57. The predicted octanol–water partition coefficient (Wildman–Crippen LogP) is 2.39. The van der Waals surface area contributed by atoms with Crippen molar-refractivity contribution in [2.45, 2.75) is 12.7 Å². The Bertz CT molecular complexity index is 317. The topological polar surface area (TPSA) is 17.8 Å². The number of aromatic nitrogens is 2. The van der Waals surface area contributed by atoms with Crippen molar-refractivity contribution in [2.24, 2.45) is 0 Å². The number of hydrogen-bond donors (Lipinski definition) is 1. The maximum atomic E-state index is 12.1. The molecule has 0 saturated heterocycles. The van der Waals surface area contributed by atoms with Gasteiger partial charge in [0.25, 0.3) is 0 Å². The summed E-state index contributed by atoms with van der Waals surface area (Å²) in [6, 6.07) is 0. The highest BCUT2D eigenvalue weighted by Crippen LogP contribution is 2.28. The molecule has 14 heavy (non-hydrogen) atoms. The van der Waals surface area contributed by atoms with Crippen LogP contribution in [0.5, 0.6) is 0 Å². The zero-order valence-corrected chi connectivity index (χ0v) is 8.09. The minimum Gasteiger partial charge on any atom is -0.268 e. The predicted molar refractivity (Wildman–Crippen MR) is 50.2 cm³/mol. The Morgan fingerprint density at radius 1 is 1.43 bits per heavy atom. The van der Waals surface area contributed by atoms with E-state index in [2.05, 4.69) is 17.7 Å². The van der Waals surface area contributed by atoms with Crippen LogP contribution in [0.2, 0.25) is 0 Å². The van der Waals surface area contributed by atoms with Gasteiger partial charge in [-0.15, -0.1) is 0 Å². The third kappa shape index (κ3) is 3.10. The maximum Gasteiger partial charge on any atom is 0.419 e. The Morgan fingerprint density at radius 2 is 2.14 bits per heavy atom. The summed E-state index contributed by atoms with van der Waals surface area (Å²) >= 11 is 3.92. The van der Waals surface area contributed by atoms with Gasteiger partial charge >= 0.3 is 6.18 Å². The van der Waals surface area contributed by atoms with Crippen molar-refractivity contribution >= 4 is 12.6 Å². The van der Waals surface area contributed by atoms with E-state index in [1.54, 1.807) is 12.2 Å². The first-order chi connectivity index (χ1) is 6.54. The molecule has 1 heterocycles. The monoisotopic (exact) mass is 222 g/mol. The van der Waals surface area contributed by atoms with Gasteiger partial charge in [0, 0.05) is 11.9 Å². The third-order valence-corrected chi connectivity index (χ3v) is 1.74. The third-order valence-electron chi connectivity index (χ3n) is 1.53. The summed E-state index contributed by atoms with van der Waals surface area (Å²) in [7, 11) is 0. The molecule has 0 aromatic carbocycles. The van der Waals surface area contributed by atoms with Gasteiger partial charge in [-0.2, -0.15) is 30.9 Å². The van der Waals surface area contributed by atoms with Crippen LogP contribution in [0.15, 0.2) is 24.5 Å². The molecule has 0 saturated carbocycles. The molecule has 0 fully saturated rings. The Kier molecular flexibility index (Phi) is 3.62. The minimum absolute atomic E-state index is 0.330. The Labute approximate surface area is 84.8 Å². The fraction of sp³-hybridized carbons (Fsp3) is 0.375. The first kappa shape index (κ1) is 11.2. The second-order valence-electron chi connectivity index (χ2n) is 2.60. The van der Waals surface area contributed by atoms with Crippen molar-refractivity contribution in [3.05, 3.63) is 30.1 Å². The van der Waals surface area contributed by atoms with Crippen LogP contribution in [-0.4, -0.2) is 15.5 Å². The molecule has 0 spiro atoms. The molecule has 1 aromatic heterocycles. The quantitative estimate of drug-likeness (QED) is 0.614. The fourth-order valence-corrected chi connectivity index (χ4v) is 1.02. The number of allylic oxidation sites excluding steroid dienone is 1. The number of hydrogen-bond acceptors (Lipinski definition) is 2. The normalized spacial score (nSPS) is 12.6. The summed E-state index contributed by atoms with van der Waals surface area (Å²) in [5.41, 5.74) is -0.725. The average molecular weight is 222 g/mol. The molecular weight excluding hydrogens is 213 g/mol. The zero-order chi connectivity index (χ0) is 10.6. The van der Waals surface area contributed by atoms with Crippen molar-refractivity contribution in [1.82, 2.24) is 9.78 Å². The maximum absolute atomic E-state index is 12.1. The smallest absolute Gasteiger partial charge is 0.268 e. The van der Waals surface area contributed by atoms with E-state index in [0.717, 1.165) is 12.4 Å². The Balaban J connectivity index is 2.64. The Hall–Kier alpha value is -0.910. The standard InChI is InChI=1S/C8H9F3N2S/c9-8(10,11)7-5-12-13(6-7)3-1-2-4-14/h1-2,5-6,14H,3-4H2. The van der Waals surface area contributed by atoms with Gasteiger partial charge in [-0.05, 0) is 0 Å². The highest BCUT2D eigenvalue weighted by Gasteiger charge is 2.31. The van der Waals surface area contributed by atoms with Gasteiger partial charge in [0.2, 0.25) is 0 Å². The molecule has 1 aromatic rings. The molecule has 6 heteroatoms. The van der Waals surface area contributed by atoms with Crippen LogP contribution in [0, 0.1) is 0 Å². The molecule has 0 unspecified atom stereocenters. The lowest BCUT2D eigenvalue weighted by Gasteiger charge is -2.00. The number of nitrogens with zero attached hydrogens (tertiary/aromatic N) is 2. The van der Waals surface area contributed by atoms with E-state index in [0.29, 0.717) is 12.3 Å². The van der Waals surface area contributed by atoms with Gasteiger partial charge in [0.1, 0.15) is 0 Å². The molecule has 78 valence electrons. The van der Waals surface area contributed by atoms with Crippen LogP contribution in [0.25, 0.3) is 0 Å². The van der Waals surface area contributed by atoms with Crippen LogP contribution in [-0.2, 0) is 12.7 Å². The van der Waals surface area contributed by atoms with E-state index in [1.165, 1.54) is 4.68 Å². The second-order valence-corrected chi connectivity index (χ2v) is 2.97. The van der Waals surface area contributed by atoms with Crippen molar-refractivity contribution in [2.75, 3.05) is 5.75 Å². The summed E-state index contributed by atoms with van der Waals surface area (Å²) in [5.74, 6) is 0.563. The van der Waals surface area contributed by atoms with Gasteiger partial charge in [0.05, 0.1) is 18.3 Å². The van der Waals surface area contributed by atoms with Crippen LogP contribution < -0.4 is 0 Å². The number of rotatable bonds is 3. The highest BCUT2D eigenvalue weighted by molar-refractivity contribution is 7.80. The van der Waals surface area contributed by atoms with Crippen molar-refractivity contribution in [3.63, 3.8) is 0 Å². The van der Waals surface area contributed by atoms with Crippen LogP contribution in [0.4, 0.5) is 13.2 Å². The summed E-state index contributed by atoms with van der Waals surface area (Å²) in [6.07, 6.45) is 0.932. The van der Waals surface area contributed by atoms with Crippen molar-refractivity contribution < 1.29 is 13.2 Å². The molecule has 1 rings (SSSR count). The van der Waals surface area contributed by atoms with E-state index in [1.807, 2.05) is 0 Å². The number of halogens is 3. The number of alkyl halides is 3. The Morgan fingerprint density at radius 3 is 2.64 bits per heavy atom. The van der Waals surface area contributed by atoms with Crippen LogP contribution in [0.3, 0.4) is 0 Å². The zero-order valence-electron chi connectivity index (χ0n) is 7.20. The van der Waals surface area contributed by atoms with Gasteiger partial charge in [0.15, 0.2) is 0 Å². The first-order valence-corrected chi connectivity index (χ1v) is 4.53. The van der Waals surface area contributed by atoms with Crippen molar-refractivity contribution in [1.29, 1.82) is 0 Å². The lowest BCUT2D eigenvalue weighted by Crippen LogP contribution is -2.03. The van der Waals surface area contributed by atoms with Crippen molar-refractivity contribution in [3.8, 4) is 0 Å². The van der Waals surface area contributed by atoms with Gasteiger partial charge in [-0.25, -0.2) is 0 Å². The largest absolute Gasteiger partial charge is 0.419 e. The molecule has 2 nitrogen and oxygen atoms in total. The lowest BCUT2D eigenvalue weighted by molar-refractivity contribution is -0.137. The molecule has 0 radical (unpaired) electrons. The van der Waals surface area contributed by atoms with E-state index in [9.17, 15) is 13.2 Å². The molecule has 0 N–H and O–H groups in total. The molecule has 0 bridgehead atoms. The molecule has 0 amide bonds. The SMILES string of the molecule is FC(F)(F)c1cnn(CC=CCS)c1. The van der Waals surface area contributed by atoms with E-state index >= 15 is 0 Å². The number of thiol groups is 1. The molecule has 0 aliphatic heterocycles. The van der Waals surface area contributed by atoms with Gasteiger partial charge in [-0.3, -0.25) is 4.68 Å². The second kappa shape index (κ2) is 4.54. The van der Waals surface area contributed by atoms with E-state index in [4.69, 9.17) is 0 Å². The molecule has 0 aliphatic rings. The summed E-state index contributed by atoms with van der Waals surface area (Å²) in [4.78, 5) is 0. The first-order valence-electron chi connectivity index (χ1n) is 3.89. The highest BCUT2D eigenvalue weighted by atomic mass is 32.1. The summed E-state index contributed by atoms with van der Waals surface area (Å²) < 4.78 is 37.5. The molecule has 0 aliphatic carbocycles. The van der Waals surface area contributed by atoms with Crippen LogP contribution in [0.1, 0.15) is 5.56 Å².